The smallest absolute Gasteiger partial charge is 0.283 e. The summed E-state index contributed by atoms with van der Waals surface area (Å²) >= 11 is 3.30. The predicted molar refractivity (Wildman–Crippen MR) is 69.8 cm³/mol. The summed E-state index contributed by atoms with van der Waals surface area (Å²) in [5, 5.41) is 14.2. The van der Waals surface area contributed by atoms with Gasteiger partial charge in [0.15, 0.2) is 0 Å². The van der Waals surface area contributed by atoms with Crippen LogP contribution in [0.15, 0.2) is 22.7 Å². The average molecular weight is 299 g/mol. The van der Waals surface area contributed by atoms with E-state index < -0.39 is 0 Å². The molecule has 4 nitrogen and oxygen atoms in total. The van der Waals surface area contributed by atoms with Crippen LogP contribution in [0.2, 0.25) is 0 Å². The van der Waals surface area contributed by atoms with E-state index >= 15 is 0 Å². The minimum Gasteiger partial charge on any atom is -0.310 e. The van der Waals surface area contributed by atoms with E-state index in [4.69, 9.17) is 0 Å². The minimum absolute atomic E-state index is 0.131. The summed E-state index contributed by atoms with van der Waals surface area (Å²) in [6, 6.07) is 5.71. The van der Waals surface area contributed by atoms with Gasteiger partial charge in [-0.1, -0.05) is 19.1 Å². The van der Waals surface area contributed by atoms with Gasteiger partial charge in [-0.3, -0.25) is 10.1 Å². The number of nitro benzene ring substituents is 1. The Hall–Kier alpha value is -0.940. The Morgan fingerprint density at radius 1 is 1.53 bits per heavy atom. The van der Waals surface area contributed by atoms with Crippen LogP contribution in [-0.4, -0.2) is 11.0 Å². The summed E-state index contributed by atoms with van der Waals surface area (Å²) in [5.74, 6) is 0.807. The van der Waals surface area contributed by atoms with E-state index in [1.807, 2.05) is 6.07 Å². The van der Waals surface area contributed by atoms with Crippen LogP contribution in [0.4, 0.5) is 5.69 Å². The molecule has 0 unspecified atom stereocenters. The molecule has 1 aromatic carbocycles. The van der Waals surface area contributed by atoms with Crippen LogP contribution in [0.5, 0.6) is 0 Å². The van der Waals surface area contributed by atoms with Crippen molar-refractivity contribution in [2.24, 2.45) is 5.92 Å². The molecule has 1 saturated carbocycles. The Bertz CT molecular complexity index is 431. The molecule has 17 heavy (non-hydrogen) atoms. The van der Waals surface area contributed by atoms with Gasteiger partial charge >= 0.3 is 0 Å². The van der Waals surface area contributed by atoms with Crippen LogP contribution in [0.3, 0.4) is 0 Å². The molecular weight excluding hydrogens is 284 g/mol. The topological polar surface area (TPSA) is 55.2 Å². The quantitative estimate of drug-likeness (QED) is 0.686. The third-order valence-corrected chi connectivity index (χ3v) is 4.13. The molecule has 0 atom stereocenters. The molecule has 0 aromatic heterocycles. The lowest BCUT2D eigenvalue weighted by Crippen LogP contribution is -2.39. The zero-order chi connectivity index (χ0) is 12.4. The van der Waals surface area contributed by atoms with Gasteiger partial charge in [0.1, 0.15) is 0 Å². The first kappa shape index (κ1) is 12.5. The average Bonchev–Trinajstić information content (AvgIpc) is 2.24. The molecule has 1 aliphatic carbocycles. The van der Waals surface area contributed by atoms with Crippen LogP contribution in [0, 0.1) is 16.0 Å². The molecule has 0 saturated heterocycles. The monoisotopic (exact) mass is 298 g/mol. The predicted octanol–water partition coefficient (Wildman–Crippen LogP) is 3.25. The van der Waals surface area contributed by atoms with E-state index in [9.17, 15) is 10.1 Å². The van der Waals surface area contributed by atoms with Crippen LogP contribution in [0.1, 0.15) is 25.3 Å². The molecule has 0 spiro atoms. The van der Waals surface area contributed by atoms with E-state index in [1.54, 1.807) is 6.07 Å². The van der Waals surface area contributed by atoms with Crippen LogP contribution < -0.4 is 5.32 Å². The number of hydrogen-bond donors (Lipinski definition) is 1. The maximum Gasteiger partial charge on any atom is 0.283 e. The molecule has 0 bridgehead atoms. The van der Waals surface area contributed by atoms with Crippen molar-refractivity contribution in [2.45, 2.75) is 32.4 Å². The molecule has 1 aliphatic rings. The fraction of sp³-hybridized carbons (Fsp3) is 0.500. The maximum absolute atomic E-state index is 10.8. The number of rotatable bonds is 4. The van der Waals surface area contributed by atoms with Gasteiger partial charge in [0.05, 0.1) is 9.40 Å². The Balaban J connectivity index is 2.01. The normalized spacial score (nSPS) is 23.2. The molecule has 0 radical (unpaired) electrons. The lowest BCUT2D eigenvalue weighted by atomic mass is 9.82. The highest BCUT2D eigenvalue weighted by atomic mass is 79.9. The van der Waals surface area contributed by atoms with E-state index in [-0.39, 0.29) is 10.6 Å². The maximum atomic E-state index is 10.8. The van der Waals surface area contributed by atoms with Crippen LogP contribution in [-0.2, 0) is 6.54 Å². The molecule has 0 amide bonds. The van der Waals surface area contributed by atoms with Crippen molar-refractivity contribution in [2.75, 3.05) is 0 Å². The summed E-state index contributed by atoms with van der Waals surface area (Å²) in [4.78, 5) is 10.4. The van der Waals surface area contributed by atoms with Crippen molar-refractivity contribution in [3.05, 3.63) is 38.3 Å². The highest BCUT2D eigenvalue weighted by Gasteiger charge is 2.25. The number of hydrogen-bond acceptors (Lipinski definition) is 3. The number of benzene rings is 1. The Labute approximate surface area is 109 Å². The van der Waals surface area contributed by atoms with Gasteiger partial charge in [-0.15, -0.1) is 0 Å². The van der Waals surface area contributed by atoms with Crippen molar-refractivity contribution in [3.8, 4) is 0 Å². The van der Waals surface area contributed by atoms with Crippen molar-refractivity contribution in [1.29, 1.82) is 0 Å². The Morgan fingerprint density at radius 2 is 2.24 bits per heavy atom. The number of halogens is 1. The molecule has 0 heterocycles. The third kappa shape index (κ3) is 2.84. The number of nitro groups is 1. The summed E-state index contributed by atoms with van der Waals surface area (Å²) in [6.07, 6.45) is 2.40. The second kappa shape index (κ2) is 5.14. The summed E-state index contributed by atoms with van der Waals surface area (Å²) in [7, 11) is 0. The second-order valence-electron chi connectivity index (χ2n) is 4.66. The van der Waals surface area contributed by atoms with Crippen molar-refractivity contribution in [1.82, 2.24) is 5.32 Å². The van der Waals surface area contributed by atoms with E-state index in [2.05, 4.69) is 28.2 Å². The summed E-state index contributed by atoms with van der Waals surface area (Å²) in [6.45, 7) is 2.92. The molecule has 2 rings (SSSR count). The van der Waals surface area contributed by atoms with Gasteiger partial charge in [-0.05, 0) is 40.3 Å². The SMILES string of the molecule is CC1CC(NCc2cccc([N+](=O)[O-])c2Br)C1. The highest BCUT2D eigenvalue weighted by molar-refractivity contribution is 9.10. The van der Waals surface area contributed by atoms with Crippen molar-refractivity contribution >= 4 is 21.6 Å². The van der Waals surface area contributed by atoms with Gasteiger partial charge < -0.3 is 5.32 Å². The van der Waals surface area contributed by atoms with Crippen LogP contribution >= 0.6 is 15.9 Å². The number of nitrogens with zero attached hydrogens (tertiary/aromatic N) is 1. The molecule has 0 aliphatic heterocycles. The first-order valence-corrected chi connectivity index (χ1v) is 6.52. The molecule has 92 valence electrons. The number of nitrogens with one attached hydrogen (secondary N) is 1. The van der Waals surface area contributed by atoms with Gasteiger partial charge in [-0.2, -0.15) is 0 Å². The first-order chi connectivity index (χ1) is 8.08. The standard InChI is InChI=1S/C12H15BrN2O2/c1-8-5-10(6-8)14-7-9-3-2-4-11(12(9)13)15(16)17/h2-4,8,10,14H,5-7H2,1H3. The second-order valence-corrected chi connectivity index (χ2v) is 5.45. The minimum atomic E-state index is -0.362. The molecule has 1 fully saturated rings. The van der Waals surface area contributed by atoms with Crippen molar-refractivity contribution < 1.29 is 4.92 Å². The summed E-state index contributed by atoms with van der Waals surface area (Å²) in [5.41, 5.74) is 1.07. The largest absolute Gasteiger partial charge is 0.310 e. The Kier molecular flexibility index (Phi) is 3.79. The fourth-order valence-electron chi connectivity index (χ4n) is 2.17. The fourth-order valence-corrected chi connectivity index (χ4v) is 2.72. The van der Waals surface area contributed by atoms with Gasteiger partial charge in [0, 0.05) is 18.7 Å². The molecule has 5 heteroatoms. The van der Waals surface area contributed by atoms with E-state index in [0.29, 0.717) is 17.1 Å². The lowest BCUT2D eigenvalue weighted by molar-refractivity contribution is -0.385. The lowest BCUT2D eigenvalue weighted by Gasteiger charge is -2.33. The highest BCUT2D eigenvalue weighted by Crippen LogP contribution is 2.30. The van der Waals surface area contributed by atoms with Crippen LogP contribution in [0.25, 0.3) is 0 Å². The van der Waals surface area contributed by atoms with Gasteiger partial charge in [0.25, 0.3) is 5.69 Å². The first-order valence-electron chi connectivity index (χ1n) is 5.73. The molecule has 1 aromatic rings. The summed E-state index contributed by atoms with van der Waals surface area (Å²) < 4.78 is 0.588. The Morgan fingerprint density at radius 3 is 2.82 bits per heavy atom. The van der Waals surface area contributed by atoms with Crippen molar-refractivity contribution in [3.63, 3.8) is 0 Å². The van der Waals surface area contributed by atoms with E-state index in [1.165, 1.54) is 18.9 Å². The molecule has 1 N–H and O–H groups in total. The van der Waals surface area contributed by atoms with Gasteiger partial charge in [-0.25, -0.2) is 0 Å². The van der Waals surface area contributed by atoms with Gasteiger partial charge in [0.2, 0.25) is 0 Å². The van der Waals surface area contributed by atoms with E-state index in [0.717, 1.165) is 11.5 Å². The third-order valence-electron chi connectivity index (χ3n) is 3.21. The molecular formula is C12H15BrN2O2. The zero-order valence-corrected chi connectivity index (χ0v) is 11.2. The zero-order valence-electron chi connectivity index (χ0n) is 9.65.